The van der Waals surface area contributed by atoms with Crippen molar-refractivity contribution < 1.29 is 31.1 Å². The lowest BCUT2D eigenvalue weighted by atomic mass is 10.2. The van der Waals surface area contributed by atoms with Gasteiger partial charge in [0.05, 0.1) is 22.8 Å². The Morgan fingerprint density at radius 1 is 0.865 bits per heavy atom. The molecule has 3 aromatic heterocycles. The van der Waals surface area contributed by atoms with Gasteiger partial charge in [-0.2, -0.15) is 13.2 Å². The van der Waals surface area contributed by atoms with Crippen LogP contribution in [0.25, 0.3) is 22.6 Å². The Kier molecular flexibility index (Phi) is 6.04. The Bertz CT molecular complexity index is 1690. The summed E-state index contributed by atoms with van der Waals surface area (Å²) < 4.78 is 75.7. The molecule has 188 valence electrons. The van der Waals surface area contributed by atoms with Crippen molar-refractivity contribution in [3.05, 3.63) is 84.7 Å². The number of aromatic amines is 1. The smallest absolute Gasteiger partial charge is 0.419 e. The number of alkyl halides is 3. The number of hydrogen-bond acceptors (Lipinski definition) is 7. The summed E-state index contributed by atoms with van der Waals surface area (Å²) >= 11 is 0. The molecule has 3 heterocycles. The molecule has 0 fully saturated rings. The van der Waals surface area contributed by atoms with E-state index >= 15 is 0 Å². The lowest BCUT2D eigenvalue weighted by Crippen LogP contribution is -2.07. The topological polar surface area (TPSA) is 107 Å². The van der Waals surface area contributed by atoms with Gasteiger partial charge in [-0.05, 0) is 36.4 Å². The minimum absolute atomic E-state index is 0.0459. The van der Waals surface area contributed by atoms with E-state index in [1.807, 2.05) is 0 Å². The highest BCUT2D eigenvalue weighted by Crippen LogP contribution is 2.42. The highest BCUT2D eigenvalue weighted by molar-refractivity contribution is 7.90. The molecule has 37 heavy (non-hydrogen) atoms. The average Bonchev–Trinajstić information content (AvgIpc) is 3.27. The molecule has 0 bridgehead atoms. The number of rotatable bonds is 6. The maximum absolute atomic E-state index is 13.6. The summed E-state index contributed by atoms with van der Waals surface area (Å²) in [5, 5.41) is -0.153. The molecule has 8 nitrogen and oxygen atoms in total. The molecule has 0 saturated carbocycles. The van der Waals surface area contributed by atoms with Gasteiger partial charge in [-0.1, -0.05) is 18.2 Å². The molecule has 5 aromatic rings. The fourth-order valence-corrected chi connectivity index (χ4v) is 4.04. The fraction of sp³-hybridized carbons (Fsp3) is 0.0800. The summed E-state index contributed by atoms with van der Waals surface area (Å²) in [5.74, 6) is 0.161. The SMILES string of the molecule is CS(=O)(=O)c1ccc(Oc2cc3[nH]c(-c4ccccn4)nc3cc2Oc2ccccc2C(F)(F)F)cn1. The molecule has 12 heteroatoms. The Labute approximate surface area is 208 Å². The Morgan fingerprint density at radius 2 is 1.62 bits per heavy atom. The van der Waals surface area contributed by atoms with Gasteiger partial charge in [0.15, 0.2) is 32.2 Å². The molecule has 5 rings (SSSR count). The number of aromatic nitrogens is 4. The number of imidazole rings is 1. The highest BCUT2D eigenvalue weighted by Gasteiger charge is 2.34. The molecular weight excluding hydrogens is 509 g/mol. The van der Waals surface area contributed by atoms with Gasteiger partial charge in [0, 0.05) is 24.6 Å². The van der Waals surface area contributed by atoms with Gasteiger partial charge < -0.3 is 14.5 Å². The standard InChI is InChI=1S/C25H17F3N4O4S/c1-37(33,34)23-10-9-15(14-30-23)35-21-12-18-19(32-24(31-18)17-7-4-5-11-29-17)13-22(21)36-20-8-3-2-6-16(20)25(26,27)28/h2-14H,1H3,(H,31,32). The van der Waals surface area contributed by atoms with Crippen LogP contribution in [0.4, 0.5) is 13.2 Å². The molecule has 2 aromatic carbocycles. The van der Waals surface area contributed by atoms with E-state index in [-0.39, 0.29) is 22.3 Å². The van der Waals surface area contributed by atoms with E-state index in [4.69, 9.17) is 9.47 Å². The lowest BCUT2D eigenvalue weighted by molar-refractivity contribution is -0.138. The number of ether oxygens (including phenoxy) is 2. The van der Waals surface area contributed by atoms with Gasteiger partial charge in [-0.15, -0.1) is 0 Å². The quantitative estimate of drug-likeness (QED) is 0.288. The molecule has 0 aliphatic heterocycles. The van der Waals surface area contributed by atoms with Crippen LogP contribution in [0.2, 0.25) is 0 Å². The second-order valence-corrected chi connectivity index (χ2v) is 9.88. The van der Waals surface area contributed by atoms with Crippen LogP contribution in [0.15, 0.2) is 84.1 Å². The van der Waals surface area contributed by atoms with E-state index in [0.717, 1.165) is 12.3 Å². The number of benzene rings is 2. The summed E-state index contributed by atoms with van der Waals surface area (Å²) in [5.41, 5.74) is 0.508. The minimum atomic E-state index is -4.65. The van der Waals surface area contributed by atoms with Crippen molar-refractivity contribution in [3.63, 3.8) is 0 Å². The van der Waals surface area contributed by atoms with E-state index in [9.17, 15) is 21.6 Å². The summed E-state index contributed by atoms with van der Waals surface area (Å²) in [7, 11) is -3.53. The lowest BCUT2D eigenvalue weighted by Gasteiger charge is -2.16. The molecule has 0 aliphatic rings. The molecule has 0 amide bonds. The summed E-state index contributed by atoms with van der Waals surface area (Å²) in [4.78, 5) is 15.7. The number of nitrogens with one attached hydrogen (secondary N) is 1. The zero-order chi connectivity index (χ0) is 26.2. The van der Waals surface area contributed by atoms with Crippen molar-refractivity contribution in [3.8, 4) is 34.5 Å². The molecule has 0 spiro atoms. The molecule has 0 aliphatic carbocycles. The molecule has 0 atom stereocenters. The fourth-order valence-electron chi connectivity index (χ4n) is 3.48. The number of pyridine rings is 2. The van der Waals surface area contributed by atoms with Gasteiger partial charge in [-0.3, -0.25) is 4.98 Å². The molecule has 0 saturated heterocycles. The summed E-state index contributed by atoms with van der Waals surface area (Å²) in [6, 6.07) is 15.7. The number of fused-ring (bicyclic) bond motifs is 1. The van der Waals surface area contributed by atoms with Crippen LogP contribution in [0.5, 0.6) is 23.0 Å². The normalized spacial score (nSPS) is 12.0. The van der Waals surface area contributed by atoms with Crippen LogP contribution in [-0.2, 0) is 16.0 Å². The second kappa shape index (κ2) is 9.21. The number of hydrogen-bond donors (Lipinski definition) is 1. The van der Waals surface area contributed by atoms with Crippen molar-refractivity contribution in [2.45, 2.75) is 11.2 Å². The van der Waals surface area contributed by atoms with Crippen LogP contribution in [0.3, 0.4) is 0 Å². The first-order valence-electron chi connectivity index (χ1n) is 10.7. The van der Waals surface area contributed by atoms with Crippen molar-refractivity contribution in [2.75, 3.05) is 6.26 Å². The predicted octanol–water partition coefficient (Wildman–Crippen LogP) is 6.03. The first-order valence-corrected chi connectivity index (χ1v) is 12.6. The first-order chi connectivity index (χ1) is 17.6. The van der Waals surface area contributed by atoms with Gasteiger partial charge in [-0.25, -0.2) is 18.4 Å². The minimum Gasteiger partial charge on any atom is -0.453 e. The monoisotopic (exact) mass is 526 g/mol. The zero-order valence-electron chi connectivity index (χ0n) is 19.0. The van der Waals surface area contributed by atoms with E-state index in [2.05, 4.69) is 19.9 Å². The third-order valence-electron chi connectivity index (χ3n) is 5.18. The van der Waals surface area contributed by atoms with Gasteiger partial charge in [0.1, 0.15) is 17.2 Å². The molecular formula is C25H17F3N4O4S. The van der Waals surface area contributed by atoms with E-state index in [0.29, 0.717) is 22.6 Å². The van der Waals surface area contributed by atoms with Gasteiger partial charge >= 0.3 is 6.18 Å². The zero-order valence-corrected chi connectivity index (χ0v) is 19.8. The third kappa shape index (κ3) is 5.23. The van der Waals surface area contributed by atoms with Crippen LogP contribution < -0.4 is 9.47 Å². The maximum Gasteiger partial charge on any atom is 0.419 e. The Balaban J connectivity index is 1.60. The number of halogens is 3. The first kappa shape index (κ1) is 24.3. The van der Waals surface area contributed by atoms with E-state index in [1.54, 1.807) is 24.4 Å². The van der Waals surface area contributed by atoms with Gasteiger partial charge in [0.25, 0.3) is 0 Å². The van der Waals surface area contributed by atoms with Crippen LogP contribution in [0.1, 0.15) is 5.56 Å². The van der Waals surface area contributed by atoms with Crippen molar-refractivity contribution >= 4 is 20.9 Å². The average molecular weight is 526 g/mol. The third-order valence-corrected chi connectivity index (χ3v) is 6.19. The summed E-state index contributed by atoms with van der Waals surface area (Å²) in [6.07, 6.45) is -0.829. The number of sulfone groups is 1. The number of nitrogens with zero attached hydrogens (tertiary/aromatic N) is 3. The van der Waals surface area contributed by atoms with E-state index < -0.39 is 27.3 Å². The van der Waals surface area contributed by atoms with Crippen molar-refractivity contribution in [1.29, 1.82) is 0 Å². The molecule has 1 N–H and O–H groups in total. The Hall–Kier alpha value is -4.45. The number of para-hydroxylation sites is 1. The Morgan fingerprint density at radius 3 is 2.30 bits per heavy atom. The van der Waals surface area contributed by atoms with Crippen LogP contribution in [-0.4, -0.2) is 34.6 Å². The van der Waals surface area contributed by atoms with Crippen molar-refractivity contribution in [1.82, 2.24) is 19.9 Å². The van der Waals surface area contributed by atoms with Crippen LogP contribution >= 0.6 is 0 Å². The van der Waals surface area contributed by atoms with E-state index in [1.165, 1.54) is 48.7 Å². The maximum atomic E-state index is 13.6. The largest absolute Gasteiger partial charge is 0.453 e. The van der Waals surface area contributed by atoms with Gasteiger partial charge in [0.2, 0.25) is 0 Å². The molecule has 0 radical (unpaired) electrons. The number of H-pyrrole nitrogens is 1. The summed E-state index contributed by atoms with van der Waals surface area (Å²) in [6.45, 7) is 0. The van der Waals surface area contributed by atoms with Crippen molar-refractivity contribution in [2.24, 2.45) is 0 Å². The highest BCUT2D eigenvalue weighted by atomic mass is 32.2. The molecule has 0 unspecified atom stereocenters. The second-order valence-electron chi connectivity index (χ2n) is 7.92. The predicted molar refractivity (Wildman–Crippen MR) is 128 cm³/mol. The van der Waals surface area contributed by atoms with Crippen LogP contribution in [0, 0.1) is 0 Å².